The number of ether oxygens (including phenoxy) is 3. The first-order chi connectivity index (χ1) is 32.7. The van der Waals surface area contributed by atoms with Crippen LogP contribution in [0.15, 0.2) is 20.0 Å². The van der Waals surface area contributed by atoms with Crippen LogP contribution < -0.4 is 5.32 Å². The van der Waals surface area contributed by atoms with Crippen molar-refractivity contribution in [3.05, 3.63) is 0 Å². The zero-order chi connectivity index (χ0) is 45.3. The normalized spacial score (nSPS) is 27.3. The van der Waals surface area contributed by atoms with Gasteiger partial charge >= 0.3 is 0 Å². The molecule has 13 rings (SSSR count). The summed E-state index contributed by atoms with van der Waals surface area (Å²) >= 11 is 0. The lowest BCUT2D eigenvalue weighted by molar-refractivity contribution is 0.00538. The molecule has 2 bridgehead atoms. The molecule has 0 atom stereocenters. The number of hydrogen-bond acceptors (Lipinski definition) is 17. The lowest BCUT2D eigenvalue weighted by Gasteiger charge is -2.41. The molecule has 13 heterocycles. The van der Waals surface area contributed by atoms with Gasteiger partial charge in [0.15, 0.2) is 11.9 Å². The summed E-state index contributed by atoms with van der Waals surface area (Å²) in [6.45, 7) is 35.7. The quantitative estimate of drug-likeness (QED) is 0.394. The second-order valence-corrected chi connectivity index (χ2v) is 19.5. The summed E-state index contributed by atoms with van der Waals surface area (Å²) in [5.41, 5.74) is 0. The summed E-state index contributed by atoms with van der Waals surface area (Å²) in [6.07, 6.45) is 15.5. The third kappa shape index (κ3) is 17.9. The first kappa shape index (κ1) is 51.1. The molecule has 0 saturated carbocycles. The van der Waals surface area contributed by atoms with Crippen molar-refractivity contribution in [2.24, 2.45) is 20.0 Å². The van der Waals surface area contributed by atoms with Gasteiger partial charge in [0.05, 0.1) is 51.3 Å². The van der Waals surface area contributed by atoms with Crippen molar-refractivity contribution in [3.63, 3.8) is 0 Å². The van der Waals surface area contributed by atoms with Gasteiger partial charge in [-0.2, -0.15) is 0 Å². The number of amidine groups is 2. The fourth-order valence-electron chi connectivity index (χ4n) is 10.5. The second-order valence-electron chi connectivity index (χ2n) is 19.5. The Bertz CT molecular complexity index is 1420. The van der Waals surface area contributed by atoms with E-state index < -0.39 is 0 Å². The van der Waals surface area contributed by atoms with E-state index in [0.717, 1.165) is 118 Å². The Hall–Kier alpha value is -2.80. The number of piperazine rings is 3. The van der Waals surface area contributed by atoms with Gasteiger partial charge < -0.3 is 44.0 Å². The predicted molar refractivity (Wildman–Crippen MR) is 270 cm³/mol. The van der Waals surface area contributed by atoms with Gasteiger partial charge in [0.2, 0.25) is 0 Å². The number of nitrogens with one attached hydrogen (secondary N) is 1. The lowest BCUT2D eigenvalue weighted by atomic mass is 10.2. The molecule has 0 spiro atoms. The highest BCUT2D eigenvalue weighted by Gasteiger charge is 2.24. The molecule has 0 aromatic rings. The first-order valence-corrected chi connectivity index (χ1v) is 26.9. The average molecular weight is 925 g/mol. The third-order valence-corrected chi connectivity index (χ3v) is 14.6. The SMILES string of the molecule is C1CCC2=NCCCN2CC1.C1CN(CCOCCN2CCOCC2)CCO1.C1CN2CCN1CC2.C1CN=C2CCCN2C1.C1CN=C2NCCCN2C1.CN1CCCN2CCCN=C12. The minimum Gasteiger partial charge on any atom is -0.379 e. The topological polar surface area (TPSA) is 118 Å². The summed E-state index contributed by atoms with van der Waals surface area (Å²) in [5.74, 6) is 5.13. The van der Waals surface area contributed by atoms with Crippen molar-refractivity contribution < 1.29 is 14.2 Å². The van der Waals surface area contributed by atoms with E-state index in [0.29, 0.717) is 0 Å². The summed E-state index contributed by atoms with van der Waals surface area (Å²) in [7, 11) is 2.14. The molecular formula is C49H92N14O3. The number of aliphatic imine (C=N–C) groups is 4. The van der Waals surface area contributed by atoms with Gasteiger partial charge in [0.25, 0.3) is 0 Å². The number of nitrogens with zero attached hydrogens (tertiary/aromatic N) is 13. The standard InChI is InChI=1S/C12H24N2O3.C9H16N2.C8H15N3.C7H13N3.C7H12N2.C6H12N2/c1-7-15-8-2-13(1)5-11-17-12-6-14-3-9-16-10-4-14;1-2-5-9-10-6-4-8-11(9)7-3-1;1-10-5-3-7-11-6-2-4-9-8(10)11;1-3-8-7-9-4-2-6-10(7)5-1;1-3-7-8-4-2-6-9(7)5-1;1-2-8-5-3-7(1)4-6-8/h1-12H2;1-8H2;2-7H2,1H3;1-6H2,(H,8,9);1-6H2;1-6H2. The Morgan fingerprint density at radius 2 is 0.924 bits per heavy atom. The molecular weight excluding hydrogens is 833 g/mol. The third-order valence-electron chi connectivity index (χ3n) is 14.6. The summed E-state index contributed by atoms with van der Waals surface area (Å²) in [4.78, 5) is 39.7. The van der Waals surface area contributed by atoms with Crippen molar-refractivity contribution >= 4 is 23.6 Å². The van der Waals surface area contributed by atoms with Crippen LogP contribution >= 0.6 is 0 Å². The first-order valence-electron chi connectivity index (χ1n) is 26.9. The molecule has 376 valence electrons. The molecule has 17 nitrogen and oxygen atoms in total. The maximum absolute atomic E-state index is 5.67. The van der Waals surface area contributed by atoms with E-state index in [1.807, 2.05) is 0 Å². The summed E-state index contributed by atoms with van der Waals surface area (Å²) in [6, 6.07) is 0. The largest absolute Gasteiger partial charge is 0.379 e. The second kappa shape index (κ2) is 29.9. The van der Waals surface area contributed by atoms with E-state index in [1.54, 1.807) is 0 Å². The van der Waals surface area contributed by atoms with Crippen molar-refractivity contribution in [2.75, 3.05) is 217 Å². The molecule has 17 heteroatoms. The number of hydrogen-bond donors (Lipinski definition) is 1. The molecule has 0 unspecified atom stereocenters. The van der Waals surface area contributed by atoms with E-state index in [4.69, 9.17) is 14.2 Å². The van der Waals surface area contributed by atoms with Crippen LogP contribution in [0, 0.1) is 0 Å². The molecule has 0 aromatic heterocycles. The van der Waals surface area contributed by atoms with Crippen molar-refractivity contribution in [2.45, 2.75) is 77.0 Å². The zero-order valence-electron chi connectivity index (χ0n) is 41.7. The van der Waals surface area contributed by atoms with Gasteiger partial charge in [0, 0.05) is 190 Å². The highest BCUT2D eigenvalue weighted by atomic mass is 16.5. The molecule has 0 radical (unpaired) electrons. The van der Waals surface area contributed by atoms with Gasteiger partial charge in [-0.05, 0) is 57.8 Å². The Labute approximate surface area is 400 Å². The fraction of sp³-hybridized carbons (Fsp3) is 0.918. The van der Waals surface area contributed by atoms with Crippen LogP contribution in [0.3, 0.4) is 0 Å². The van der Waals surface area contributed by atoms with Crippen molar-refractivity contribution in [3.8, 4) is 0 Å². The molecule has 13 aliphatic heterocycles. The van der Waals surface area contributed by atoms with E-state index in [9.17, 15) is 0 Å². The maximum atomic E-state index is 5.67. The summed E-state index contributed by atoms with van der Waals surface area (Å²) in [5, 5.41) is 3.30. The van der Waals surface area contributed by atoms with E-state index in [2.05, 4.69) is 76.4 Å². The predicted octanol–water partition coefficient (Wildman–Crippen LogP) is 2.26. The number of fused-ring (bicyclic) bond motifs is 7. The van der Waals surface area contributed by atoms with E-state index in [-0.39, 0.29) is 0 Å². The van der Waals surface area contributed by atoms with Gasteiger partial charge in [-0.1, -0.05) is 6.42 Å². The van der Waals surface area contributed by atoms with Gasteiger partial charge in [-0.15, -0.1) is 0 Å². The van der Waals surface area contributed by atoms with Crippen molar-refractivity contribution in [1.29, 1.82) is 0 Å². The minimum absolute atomic E-state index is 0.838. The molecule has 66 heavy (non-hydrogen) atoms. The minimum atomic E-state index is 0.838. The Morgan fingerprint density at radius 3 is 1.50 bits per heavy atom. The smallest absolute Gasteiger partial charge is 0.196 e. The van der Waals surface area contributed by atoms with Crippen LogP contribution in [0.5, 0.6) is 0 Å². The monoisotopic (exact) mass is 925 g/mol. The van der Waals surface area contributed by atoms with Crippen LogP contribution in [0.25, 0.3) is 0 Å². The molecule has 1 N–H and O–H groups in total. The molecule has 9 saturated heterocycles. The van der Waals surface area contributed by atoms with Gasteiger partial charge in [0.1, 0.15) is 0 Å². The van der Waals surface area contributed by atoms with Gasteiger partial charge in [-0.25, -0.2) is 0 Å². The highest BCUT2D eigenvalue weighted by molar-refractivity contribution is 5.84. The highest BCUT2D eigenvalue weighted by Crippen LogP contribution is 2.17. The van der Waals surface area contributed by atoms with Crippen LogP contribution in [0.1, 0.15) is 77.0 Å². The maximum Gasteiger partial charge on any atom is 0.196 e. The van der Waals surface area contributed by atoms with Crippen LogP contribution in [-0.4, -0.2) is 285 Å². The Kier molecular flexibility index (Phi) is 23.2. The average Bonchev–Trinajstić information content (AvgIpc) is 3.76. The number of guanidine groups is 2. The van der Waals surface area contributed by atoms with Crippen LogP contribution in [-0.2, 0) is 14.2 Å². The Balaban J connectivity index is 0.000000120. The van der Waals surface area contributed by atoms with Crippen LogP contribution in [0.2, 0.25) is 0 Å². The number of rotatable bonds is 6. The van der Waals surface area contributed by atoms with E-state index >= 15 is 0 Å². The fourth-order valence-corrected chi connectivity index (χ4v) is 10.5. The molecule has 9 fully saturated rings. The molecule has 0 aliphatic carbocycles. The molecule has 0 amide bonds. The van der Waals surface area contributed by atoms with Crippen molar-refractivity contribution in [1.82, 2.24) is 49.4 Å². The Morgan fingerprint density at radius 1 is 0.439 bits per heavy atom. The lowest BCUT2D eigenvalue weighted by Crippen LogP contribution is -2.55. The molecule has 13 aliphatic rings. The van der Waals surface area contributed by atoms with Crippen LogP contribution in [0.4, 0.5) is 0 Å². The number of morpholine rings is 2. The van der Waals surface area contributed by atoms with E-state index in [1.165, 1.54) is 193 Å². The summed E-state index contributed by atoms with van der Waals surface area (Å²) < 4.78 is 16.3. The zero-order valence-corrected chi connectivity index (χ0v) is 41.7. The van der Waals surface area contributed by atoms with Gasteiger partial charge in [-0.3, -0.25) is 39.6 Å². The molecule has 0 aromatic carbocycles.